The molecule has 1 atom stereocenters. The molecule has 0 saturated carbocycles. The lowest BCUT2D eigenvalue weighted by Gasteiger charge is -2.13. The van der Waals surface area contributed by atoms with Gasteiger partial charge in [0.25, 0.3) is 5.69 Å². The maximum atomic E-state index is 13.5. The summed E-state index contributed by atoms with van der Waals surface area (Å²) in [5, 5.41) is 12.9. The molecule has 0 amide bonds. The van der Waals surface area contributed by atoms with Crippen molar-refractivity contribution in [2.24, 2.45) is 0 Å². The van der Waals surface area contributed by atoms with Crippen molar-refractivity contribution in [2.75, 3.05) is 12.4 Å². The van der Waals surface area contributed by atoms with Crippen LogP contribution in [0.15, 0.2) is 12.1 Å². The number of anilines is 1. The van der Waals surface area contributed by atoms with Crippen molar-refractivity contribution in [1.29, 1.82) is 0 Å². The Balaban J connectivity index is 3.17. The minimum Gasteiger partial charge on any atom is -0.467 e. The van der Waals surface area contributed by atoms with Crippen molar-refractivity contribution < 1.29 is 23.2 Å². The number of carbonyl (C=O) groups is 1. The van der Waals surface area contributed by atoms with Gasteiger partial charge >= 0.3 is 5.97 Å². The van der Waals surface area contributed by atoms with E-state index in [-0.39, 0.29) is 0 Å². The standard InChI is InChI=1S/C10H10F2N2O4/c1-5(10(15)18-2)13-9-7(14(16)17)4-3-6(11)8(9)12/h3-5,13H,1-2H3. The van der Waals surface area contributed by atoms with Crippen LogP contribution in [0, 0.1) is 21.7 Å². The van der Waals surface area contributed by atoms with E-state index >= 15 is 0 Å². The maximum Gasteiger partial charge on any atom is 0.327 e. The number of nitro benzene ring substituents is 1. The number of nitrogens with zero attached hydrogens (tertiary/aromatic N) is 1. The Kier molecular flexibility index (Phi) is 4.13. The largest absolute Gasteiger partial charge is 0.467 e. The molecule has 8 heteroatoms. The average molecular weight is 260 g/mol. The molecule has 0 aromatic heterocycles. The van der Waals surface area contributed by atoms with Gasteiger partial charge in [0.15, 0.2) is 17.3 Å². The van der Waals surface area contributed by atoms with E-state index in [0.717, 1.165) is 13.2 Å². The zero-order valence-electron chi connectivity index (χ0n) is 9.57. The number of benzene rings is 1. The molecule has 1 N–H and O–H groups in total. The minimum atomic E-state index is -1.42. The van der Waals surface area contributed by atoms with Crippen LogP contribution in [0.25, 0.3) is 0 Å². The molecule has 0 aliphatic heterocycles. The molecule has 0 bridgehead atoms. The summed E-state index contributed by atoms with van der Waals surface area (Å²) in [5.74, 6) is -3.42. The van der Waals surface area contributed by atoms with Crippen molar-refractivity contribution >= 4 is 17.3 Å². The van der Waals surface area contributed by atoms with Gasteiger partial charge in [0.1, 0.15) is 6.04 Å². The van der Waals surface area contributed by atoms with E-state index in [1.807, 2.05) is 0 Å². The van der Waals surface area contributed by atoms with Crippen LogP contribution in [0.1, 0.15) is 6.92 Å². The van der Waals surface area contributed by atoms with Crippen molar-refractivity contribution in [3.63, 3.8) is 0 Å². The molecular weight excluding hydrogens is 250 g/mol. The summed E-state index contributed by atoms with van der Waals surface area (Å²) < 4.78 is 30.8. The van der Waals surface area contributed by atoms with E-state index in [4.69, 9.17) is 0 Å². The molecule has 0 fully saturated rings. The van der Waals surface area contributed by atoms with Crippen molar-refractivity contribution in [2.45, 2.75) is 13.0 Å². The van der Waals surface area contributed by atoms with Crippen LogP contribution in [0.3, 0.4) is 0 Å². The summed E-state index contributed by atoms with van der Waals surface area (Å²) in [7, 11) is 1.11. The van der Waals surface area contributed by atoms with Crippen LogP contribution in [0.5, 0.6) is 0 Å². The number of hydrogen-bond donors (Lipinski definition) is 1. The summed E-state index contributed by atoms with van der Waals surface area (Å²) in [5.41, 5.74) is -1.34. The van der Waals surface area contributed by atoms with Gasteiger partial charge in [-0.05, 0) is 13.0 Å². The number of nitro groups is 1. The fourth-order valence-corrected chi connectivity index (χ4v) is 1.28. The molecule has 1 unspecified atom stereocenters. The van der Waals surface area contributed by atoms with Crippen LogP contribution in [-0.4, -0.2) is 24.0 Å². The van der Waals surface area contributed by atoms with Gasteiger partial charge < -0.3 is 10.1 Å². The minimum absolute atomic E-state index is 0.640. The topological polar surface area (TPSA) is 81.5 Å². The Morgan fingerprint density at radius 3 is 2.61 bits per heavy atom. The number of hydrogen-bond acceptors (Lipinski definition) is 5. The van der Waals surface area contributed by atoms with Gasteiger partial charge in [-0.25, -0.2) is 13.6 Å². The number of methoxy groups -OCH3 is 1. The van der Waals surface area contributed by atoms with Crippen molar-refractivity contribution in [3.05, 3.63) is 33.9 Å². The van der Waals surface area contributed by atoms with Crippen LogP contribution >= 0.6 is 0 Å². The molecular formula is C10H10F2N2O4. The van der Waals surface area contributed by atoms with Crippen molar-refractivity contribution in [3.8, 4) is 0 Å². The first-order valence-corrected chi connectivity index (χ1v) is 4.85. The number of rotatable bonds is 4. The smallest absolute Gasteiger partial charge is 0.327 e. The third kappa shape index (κ3) is 2.70. The Morgan fingerprint density at radius 2 is 2.11 bits per heavy atom. The normalized spacial score (nSPS) is 11.8. The van der Waals surface area contributed by atoms with E-state index in [9.17, 15) is 23.7 Å². The van der Waals surface area contributed by atoms with Gasteiger partial charge in [0.05, 0.1) is 12.0 Å². The van der Waals surface area contributed by atoms with Gasteiger partial charge in [-0.15, -0.1) is 0 Å². The van der Waals surface area contributed by atoms with Crippen LogP contribution in [0.4, 0.5) is 20.2 Å². The first-order valence-electron chi connectivity index (χ1n) is 4.85. The summed E-state index contributed by atoms with van der Waals surface area (Å²) in [4.78, 5) is 20.9. The molecule has 0 spiro atoms. The molecule has 0 heterocycles. The fourth-order valence-electron chi connectivity index (χ4n) is 1.28. The van der Waals surface area contributed by atoms with Crippen LogP contribution < -0.4 is 5.32 Å². The molecule has 0 aliphatic rings. The highest BCUT2D eigenvalue weighted by molar-refractivity contribution is 5.80. The van der Waals surface area contributed by atoms with E-state index in [1.165, 1.54) is 6.92 Å². The highest BCUT2D eigenvalue weighted by Gasteiger charge is 2.25. The zero-order chi connectivity index (χ0) is 13.9. The molecule has 6 nitrogen and oxygen atoms in total. The highest BCUT2D eigenvalue weighted by Crippen LogP contribution is 2.29. The van der Waals surface area contributed by atoms with Gasteiger partial charge in [0.2, 0.25) is 0 Å². The number of esters is 1. The number of ether oxygens (including phenoxy) is 1. The Hall–Kier alpha value is -2.25. The van der Waals surface area contributed by atoms with Crippen LogP contribution in [0.2, 0.25) is 0 Å². The maximum absolute atomic E-state index is 13.5. The second-order valence-corrected chi connectivity index (χ2v) is 3.40. The molecule has 0 radical (unpaired) electrons. The lowest BCUT2D eigenvalue weighted by molar-refractivity contribution is -0.384. The number of halogens is 2. The first-order chi connectivity index (χ1) is 8.38. The second kappa shape index (κ2) is 5.39. The lowest BCUT2D eigenvalue weighted by atomic mass is 10.2. The van der Waals surface area contributed by atoms with E-state index in [2.05, 4.69) is 10.1 Å². The summed E-state index contributed by atoms with van der Waals surface area (Å²) in [6, 6.07) is 0.400. The highest BCUT2D eigenvalue weighted by atomic mass is 19.2. The third-order valence-electron chi connectivity index (χ3n) is 2.19. The van der Waals surface area contributed by atoms with Crippen molar-refractivity contribution in [1.82, 2.24) is 0 Å². The zero-order valence-corrected chi connectivity index (χ0v) is 9.57. The quantitative estimate of drug-likeness (QED) is 0.507. The third-order valence-corrected chi connectivity index (χ3v) is 2.19. The van der Waals surface area contributed by atoms with E-state index in [1.54, 1.807) is 0 Å². The second-order valence-electron chi connectivity index (χ2n) is 3.40. The molecule has 1 rings (SSSR count). The fraction of sp³-hybridized carbons (Fsp3) is 0.300. The number of nitrogens with one attached hydrogen (secondary N) is 1. The molecule has 1 aromatic carbocycles. The van der Waals surface area contributed by atoms with Gasteiger partial charge in [-0.1, -0.05) is 0 Å². The molecule has 0 aliphatic carbocycles. The summed E-state index contributed by atoms with van der Waals surface area (Å²) in [6.45, 7) is 1.31. The molecule has 0 saturated heterocycles. The average Bonchev–Trinajstić information content (AvgIpc) is 2.33. The number of carbonyl (C=O) groups excluding carboxylic acids is 1. The first kappa shape index (κ1) is 13.8. The van der Waals surface area contributed by atoms with Gasteiger partial charge in [0, 0.05) is 6.07 Å². The monoisotopic (exact) mass is 260 g/mol. The van der Waals surface area contributed by atoms with Gasteiger partial charge in [-0.2, -0.15) is 0 Å². The van der Waals surface area contributed by atoms with Crippen LogP contribution in [-0.2, 0) is 9.53 Å². The predicted octanol–water partition coefficient (Wildman–Crippen LogP) is 1.85. The van der Waals surface area contributed by atoms with Gasteiger partial charge in [-0.3, -0.25) is 10.1 Å². The molecule has 18 heavy (non-hydrogen) atoms. The molecule has 1 aromatic rings. The van der Waals surface area contributed by atoms with E-state index in [0.29, 0.717) is 6.07 Å². The van der Waals surface area contributed by atoms with E-state index < -0.39 is 39.9 Å². The Labute approximate surface area is 101 Å². The Morgan fingerprint density at radius 1 is 1.50 bits per heavy atom. The Bertz CT molecular complexity index is 493. The summed E-state index contributed by atoms with van der Waals surface area (Å²) >= 11 is 0. The molecule has 98 valence electrons. The SMILES string of the molecule is COC(=O)C(C)Nc1c([N+](=O)[O-])ccc(F)c1F. The lowest BCUT2D eigenvalue weighted by Crippen LogP contribution is -2.28. The summed E-state index contributed by atoms with van der Waals surface area (Å²) in [6.07, 6.45) is 0. The predicted molar refractivity (Wildman–Crippen MR) is 58.1 cm³/mol.